The van der Waals surface area contributed by atoms with Gasteiger partial charge in [0.1, 0.15) is 5.82 Å². The first-order valence-electron chi connectivity index (χ1n) is 8.51. The largest absolute Gasteiger partial charge is 0.357 e. The van der Waals surface area contributed by atoms with Gasteiger partial charge in [0.25, 0.3) is 0 Å². The summed E-state index contributed by atoms with van der Waals surface area (Å²) in [5, 5.41) is 5.71. The van der Waals surface area contributed by atoms with Gasteiger partial charge >= 0.3 is 6.03 Å². The molecule has 0 atom stereocenters. The van der Waals surface area contributed by atoms with Crippen LogP contribution in [-0.4, -0.2) is 30.6 Å². The van der Waals surface area contributed by atoms with E-state index in [1.165, 1.54) is 25.7 Å². The maximum Gasteiger partial charge on any atom is 0.315 e. The molecule has 0 unspecified atom stereocenters. The molecule has 0 saturated carbocycles. The topological polar surface area (TPSA) is 57.3 Å². The molecule has 1 aliphatic rings. The van der Waals surface area contributed by atoms with E-state index in [9.17, 15) is 4.79 Å². The number of nitrogens with zero attached hydrogens (tertiary/aromatic N) is 2. The fourth-order valence-corrected chi connectivity index (χ4v) is 2.63. The number of anilines is 1. The maximum absolute atomic E-state index is 11.6. The Morgan fingerprint density at radius 1 is 1.18 bits per heavy atom. The molecule has 122 valence electrons. The SMILES string of the molecule is CCCCNC(=O)NCc1ccc(N2CCCCCC2)nc1. The van der Waals surface area contributed by atoms with E-state index in [0.717, 1.165) is 43.9 Å². The van der Waals surface area contributed by atoms with Gasteiger partial charge in [0.05, 0.1) is 0 Å². The van der Waals surface area contributed by atoms with Gasteiger partial charge in [0, 0.05) is 32.4 Å². The zero-order valence-corrected chi connectivity index (χ0v) is 13.6. The van der Waals surface area contributed by atoms with Crippen molar-refractivity contribution in [2.45, 2.75) is 52.0 Å². The number of urea groups is 1. The summed E-state index contributed by atoms with van der Waals surface area (Å²) in [5.41, 5.74) is 1.03. The molecule has 1 aliphatic heterocycles. The van der Waals surface area contributed by atoms with E-state index >= 15 is 0 Å². The number of carbonyl (C=O) groups is 1. The van der Waals surface area contributed by atoms with Crippen molar-refractivity contribution in [3.8, 4) is 0 Å². The van der Waals surface area contributed by atoms with Crippen LogP contribution in [0.5, 0.6) is 0 Å². The first kappa shape index (κ1) is 16.6. The van der Waals surface area contributed by atoms with E-state index in [1.54, 1.807) is 0 Å². The first-order valence-corrected chi connectivity index (χ1v) is 8.51. The lowest BCUT2D eigenvalue weighted by Crippen LogP contribution is -2.35. The first-order chi connectivity index (χ1) is 10.8. The second-order valence-electron chi connectivity index (χ2n) is 5.89. The Balaban J connectivity index is 1.77. The molecule has 5 nitrogen and oxygen atoms in total. The summed E-state index contributed by atoms with van der Waals surface area (Å²) in [6.45, 7) is 5.56. The number of aromatic nitrogens is 1. The molecule has 2 rings (SSSR count). The van der Waals surface area contributed by atoms with Crippen molar-refractivity contribution >= 4 is 11.8 Å². The Kier molecular flexibility index (Phi) is 7.00. The summed E-state index contributed by atoms with van der Waals surface area (Å²) in [4.78, 5) is 18.5. The van der Waals surface area contributed by atoms with Gasteiger partial charge in [-0.3, -0.25) is 0 Å². The number of unbranched alkanes of at least 4 members (excludes halogenated alkanes) is 1. The molecular weight excluding hydrogens is 276 g/mol. The van der Waals surface area contributed by atoms with Crippen LogP contribution in [0.25, 0.3) is 0 Å². The molecule has 2 N–H and O–H groups in total. The van der Waals surface area contributed by atoms with Gasteiger partial charge in [-0.25, -0.2) is 9.78 Å². The number of hydrogen-bond donors (Lipinski definition) is 2. The lowest BCUT2D eigenvalue weighted by Gasteiger charge is -2.21. The highest BCUT2D eigenvalue weighted by Crippen LogP contribution is 2.17. The van der Waals surface area contributed by atoms with E-state index in [0.29, 0.717) is 6.54 Å². The van der Waals surface area contributed by atoms with Gasteiger partial charge in [-0.15, -0.1) is 0 Å². The van der Waals surface area contributed by atoms with Crippen LogP contribution in [0.2, 0.25) is 0 Å². The minimum absolute atomic E-state index is 0.106. The Bertz CT molecular complexity index is 438. The van der Waals surface area contributed by atoms with Crippen LogP contribution in [0.1, 0.15) is 51.0 Å². The van der Waals surface area contributed by atoms with E-state index in [-0.39, 0.29) is 6.03 Å². The van der Waals surface area contributed by atoms with Crippen molar-refractivity contribution in [3.63, 3.8) is 0 Å². The highest BCUT2D eigenvalue weighted by atomic mass is 16.2. The van der Waals surface area contributed by atoms with Gasteiger partial charge in [-0.05, 0) is 30.9 Å². The fraction of sp³-hybridized carbons (Fsp3) is 0.647. The number of hydrogen-bond acceptors (Lipinski definition) is 3. The highest BCUT2D eigenvalue weighted by molar-refractivity contribution is 5.73. The molecule has 0 bridgehead atoms. The predicted molar refractivity (Wildman–Crippen MR) is 90.1 cm³/mol. The molecule has 0 aromatic carbocycles. The van der Waals surface area contributed by atoms with Crippen LogP contribution in [-0.2, 0) is 6.54 Å². The number of nitrogens with one attached hydrogen (secondary N) is 2. The molecule has 1 aromatic rings. The summed E-state index contributed by atoms with van der Waals surface area (Å²) < 4.78 is 0. The molecule has 1 fully saturated rings. The van der Waals surface area contributed by atoms with E-state index in [4.69, 9.17) is 0 Å². The van der Waals surface area contributed by atoms with Crippen LogP contribution in [0.3, 0.4) is 0 Å². The zero-order valence-electron chi connectivity index (χ0n) is 13.6. The van der Waals surface area contributed by atoms with Crippen molar-refractivity contribution in [1.82, 2.24) is 15.6 Å². The predicted octanol–water partition coefficient (Wildman–Crippen LogP) is 3.06. The van der Waals surface area contributed by atoms with E-state index in [1.807, 2.05) is 6.20 Å². The fourth-order valence-electron chi connectivity index (χ4n) is 2.63. The van der Waals surface area contributed by atoms with Gasteiger partial charge in [0.15, 0.2) is 0 Å². The Morgan fingerprint density at radius 2 is 1.95 bits per heavy atom. The summed E-state index contributed by atoms with van der Waals surface area (Å²) in [7, 11) is 0. The number of rotatable bonds is 6. The molecule has 1 aromatic heterocycles. The third-order valence-corrected chi connectivity index (χ3v) is 4.01. The summed E-state index contributed by atoms with van der Waals surface area (Å²) in [5.74, 6) is 1.05. The van der Waals surface area contributed by atoms with Crippen molar-refractivity contribution in [2.24, 2.45) is 0 Å². The molecule has 22 heavy (non-hydrogen) atoms. The average molecular weight is 304 g/mol. The maximum atomic E-state index is 11.6. The smallest absolute Gasteiger partial charge is 0.315 e. The van der Waals surface area contributed by atoms with Crippen molar-refractivity contribution in [1.29, 1.82) is 0 Å². The summed E-state index contributed by atoms with van der Waals surface area (Å²) >= 11 is 0. The number of carbonyl (C=O) groups excluding carboxylic acids is 1. The van der Waals surface area contributed by atoms with Crippen LogP contribution in [0.15, 0.2) is 18.3 Å². The Morgan fingerprint density at radius 3 is 2.59 bits per heavy atom. The third-order valence-electron chi connectivity index (χ3n) is 4.01. The summed E-state index contributed by atoms with van der Waals surface area (Å²) in [6.07, 6.45) is 9.12. The molecule has 2 amide bonds. The minimum Gasteiger partial charge on any atom is -0.357 e. The number of pyridine rings is 1. The van der Waals surface area contributed by atoms with Crippen molar-refractivity contribution in [3.05, 3.63) is 23.9 Å². The second-order valence-corrected chi connectivity index (χ2v) is 5.89. The van der Waals surface area contributed by atoms with Crippen molar-refractivity contribution in [2.75, 3.05) is 24.5 Å². The van der Waals surface area contributed by atoms with Crippen LogP contribution in [0.4, 0.5) is 10.6 Å². The normalized spacial score (nSPS) is 15.2. The van der Waals surface area contributed by atoms with E-state index in [2.05, 4.69) is 39.6 Å². The van der Waals surface area contributed by atoms with Crippen LogP contribution in [0, 0.1) is 0 Å². The Labute approximate surface area is 133 Å². The molecule has 0 radical (unpaired) electrons. The van der Waals surface area contributed by atoms with Gasteiger partial charge < -0.3 is 15.5 Å². The minimum atomic E-state index is -0.106. The zero-order chi connectivity index (χ0) is 15.6. The standard InChI is InChI=1S/C17H28N4O/c1-2-3-10-18-17(22)20-14-15-8-9-16(19-13-15)21-11-6-4-5-7-12-21/h8-9,13H,2-7,10-12,14H2,1H3,(H2,18,20,22). The molecule has 0 aliphatic carbocycles. The van der Waals surface area contributed by atoms with Gasteiger partial charge in [-0.2, -0.15) is 0 Å². The van der Waals surface area contributed by atoms with Gasteiger partial charge in [0.2, 0.25) is 0 Å². The second kappa shape index (κ2) is 9.28. The molecule has 5 heteroatoms. The lowest BCUT2D eigenvalue weighted by molar-refractivity contribution is 0.240. The Hall–Kier alpha value is -1.78. The van der Waals surface area contributed by atoms with Crippen LogP contribution < -0.4 is 15.5 Å². The van der Waals surface area contributed by atoms with Crippen LogP contribution >= 0.6 is 0 Å². The van der Waals surface area contributed by atoms with Gasteiger partial charge in [-0.1, -0.05) is 32.3 Å². The number of amides is 2. The monoisotopic (exact) mass is 304 g/mol. The highest BCUT2D eigenvalue weighted by Gasteiger charge is 2.10. The molecule has 0 spiro atoms. The molecule has 2 heterocycles. The average Bonchev–Trinajstić information content (AvgIpc) is 2.83. The van der Waals surface area contributed by atoms with Crippen molar-refractivity contribution < 1.29 is 4.79 Å². The van der Waals surface area contributed by atoms with E-state index < -0.39 is 0 Å². The summed E-state index contributed by atoms with van der Waals surface area (Å²) in [6, 6.07) is 4.02. The third kappa shape index (κ3) is 5.54. The quantitative estimate of drug-likeness (QED) is 0.794. The lowest BCUT2D eigenvalue weighted by atomic mass is 10.2. The molecular formula is C17H28N4O. The molecule has 1 saturated heterocycles.